The van der Waals surface area contributed by atoms with Gasteiger partial charge in [0.25, 0.3) is 5.91 Å². The standard InChI is InChI=1S/C20H21NO4/c1-21(12-14-8-10-16(11-9-14)20(23)24)19(22)17-4-2-3-5-18(17)25-13-15-6-7-15/h2-5,8-11,15H,6-7,12-13H2,1H3,(H,23,24). The number of ether oxygens (including phenoxy) is 1. The van der Waals surface area contributed by atoms with Gasteiger partial charge in [0.2, 0.25) is 0 Å². The van der Waals surface area contributed by atoms with Crippen LogP contribution in [0.2, 0.25) is 0 Å². The van der Waals surface area contributed by atoms with E-state index >= 15 is 0 Å². The van der Waals surface area contributed by atoms with E-state index < -0.39 is 5.97 Å². The summed E-state index contributed by atoms with van der Waals surface area (Å²) in [6.07, 6.45) is 2.39. The SMILES string of the molecule is CN(Cc1ccc(C(=O)O)cc1)C(=O)c1ccccc1OCC1CC1. The molecule has 5 nitrogen and oxygen atoms in total. The van der Waals surface area contributed by atoms with E-state index in [4.69, 9.17) is 9.84 Å². The Labute approximate surface area is 146 Å². The van der Waals surface area contributed by atoms with Gasteiger partial charge in [-0.2, -0.15) is 0 Å². The fourth-order valence-electron chi connectivity index (χ4n) is 2.57. The summed E-state index contributed by atoms with van der Waals surface area (Å²) >= 11 is 0. The highest BCUT2D eigenvalue weighted by molar-refractivity contribution is 5.96. The lowest BCUT2D eigenvalue weighted by atomic mass is 10.1. The fourth-order valence-corrected chi connectivity index (χ4v) is 2.57. The molecule has 2 aromatic rings. The lowest BCUT2D eigenvalue weighted by molar-refractivity contribution is 0.0695. The Morgan fingerprint density at radius 3 is 2.44 bits per heavy atom. The van der Waals surface area contributed by atoms with E-state index in [0.29, 0.717) is 30.4 Å². The van der Waals surface area contributed by atoms with Crippen LogP contribution in [0.15, 0.2) is 48.5 Å². The predicted octanol–water partition coefficient (Wildman–Crippen LogP) is 3.45. The smallest absolute Gasteiger partial charge is 0.335 e. The van der Waals surface area contributed by atoms with Crippen LogP contribution in [-0.2, 0) is 6.54 Å². The summed E-state index contributed by atoms with van der Waals surface area (Å²) in [5, 5.41) is 8.94. The molecule has 1 saturated carbocycles. The van der Waals surface area contributed by atoms with Gasteiger partial charge in [-0.1, -0.05) is 24.3 Å². The molecule has 1 N–H and O–H groups in total. The average Bonchev–Trinajstić information content (AvgIpc) is 3.44. The topological polar surface area (TPSA) is 66.8 Å². The van der Waals surface area contributed by atoms with Crippen molar-refractivity contribution in [2.75, 3.05) is 13.7 Å². The normalized spacial score (nSPS) is 13.3. The molecule has 1 aliphatic carbocycles. The number of carbonyl (C=O) groups is 2. The number of benzene rings is 2. The van der Waals surface area contributed by atoms with Crippen LogP contribution in [0.1, 0.15) is 39.1 Å². The quantitative estimate of drug-likeness (QED) is 0.839. The van der Waals surface area contributed by atoms with Crippen LogP contribution in [0.3, 0.4) is 0 Å². The van der Waals surface area contributed by atoms with Crippen LogP contribution < -0.4 is 4.74 Å². The van der Waals surface area contributed by atoms with Crippen molar-refractivity contribution in [2.24, 2.45) is 5.92 Å². The molecule has 130 valence electrons. The summed E-state index contributed by atoms with van der Waals surface area (Å²) in [5.41, 5.74) is 1.65. The van der Waals surface area contributed by atoms with Crippen LogP contribution in [-0.4, -0.2) is 35.5 Å². The summed E-state index contributed by atoms with van der Waals surface area (Å²) in [6.45, 7) is 1.06. The lowest BCUT2D eigenvalue weighted by Crippen LogP contribution is -2.26. The highest BCUT2D eigenvalue weighted by Gasteiger charge is 2.23. The molecule has 25 heavy (non-hydrogen) atoms. The first-order chi connectivity index (χ1) is 12.0. The Hall–Kier alpha value is -2.82. The van der Waals surface area contributed by atoms with Gasteiger partial charge in [0.15, 0.2) is 0 Å². The van der Waals surface area contributed by atoms with Gasteiger partial charge in [-0.15, -0.1) is 0 Å². The maximum absolute atomic E-state index is 12.8. The zero-order valence-electron chi connectivity index (χ0n) is 14.1. The average molecular weight is 339 g/mol. The molecule has 0 spiro atoms. The van der Waals surface area contributed by atoms with Crippen molar-refractivity contribution in [1.29, 1.82) is 0 Å². The maximum Gasteiger partial charge on any atom is 0.335 e. The summed E-state index contributed by atoms with van der Waals surface area (Å²) < 4.78 is 5.81. The number of rotatable bonds is 7. The van der Waals surface area contributed by atoms with Crippen LogP contribution in [0.4, 0.5) is 0 Å². The first-order valence-corrected chi connectivity index (χ1v) is 8.34. The van der Waals surface area contributed by atoms with Crippen molar-refractivity contribution in [3.63, 3.8) is 0 Å². The van der Waals surface area contributed by atoms with Crippen LogP contribution in [0, 0.1) is 5.92 Å². The van der Waals surface area contributed by atoms with Gasteiger partial charge in [-0.25, -0.2) is 4.79 Å². The molecule has 2 aromatic carbocycles. The van der Waals surface area contributed by atoms with Gasteiger partial charge in [-0.3, -0.25) is 4.79 Å². The second-order valence-corrected chi connectivity index (χ2v) is 6.41. The number of aromatic carboxylic acids is 1. The molecular formula is C20H21NO4. The molecule has 0 atom stereocenters. The van der Waals surface area contributed by atoms with Crippen LogP contribution in [0.25, 0.3) is 0 Å². The zero-order valence-corrected chi connectivity index (χ0v) is 14.1. The van der Waals surface area contributed by atoms with Gasteiger partial charge in [0, 0.05) is 13.6 Å². The van der Waals surface area contributed by atoms with Crippen LogP contribution in [0.5, 0.6) is 5.75 Å². The second kappa shape index (κ2) is 7.38. The Bertz CT molecular complexity index is 766. The van der Waals surface area contributed by atoms with Crippen molar-refractivity contribution in [3.8, 4) is 5.75 Å². The minimum atomic E-state index is -0.960. The first-order valence-electron chi connectivity index (χ1n) is 8.34. The van der Waals surface area contributed by atoms with Crippen molar-refractivity contribution in [3.05, 3.63) is 65.2 Å². The van der Waals surface area contributed by atoms with Gasteiger partial charge in [0.1, 0.15) is 5.75 Å². The molecule has 0 aromatic heterocycles. The molecule has 3 rings (SSSR count). The van der Waals surface area contributed by atoms with Crippen molar-refractivity contribution in [1.82, 2.24) is 4.90 Å². The molecule has 1 aliphatic rings. The number of hydrogen-bond acceptors (Lipinski definition) is 3. The van der Waals surface area contributed by atoms with E-state index in [9.17, 15) is 9.59 Å². The van der Waals surface area contributed by atoms with Gasteiger partial charge in [0.05, 0.1) is 17.7 Å². The second-order valence-electron chi connectivity index (χ2n) is 6.41. The van der Waals surface area contributed by atoms with Crippen molar-refractivity contribution in [2.45, 2.75) is 19.4 Å². The molecule has 0 saturated heterocycles. The lowest BCUT2D eigenvalue weighted by Gasteiger charge is -2.19. The molecular weight excluding hydrogens is 318 g/mol. The van der Waals surface area contributed by atoms with Crippen molar-refractivity contribution >= 4 is 11.9 Å². The third-order valence-corrected chi connectivity index (χ3v) is 4.26. The monoisotopic (exact) mass is 339 g/mol. The fraction of sp³-hybridized carbons (Fsp3) is 0.300. The van der Waals surface area contributed by atoms with E-state index in [0.717, 1.165) is 5.56 Å². The number of para-hydroxylation sites is 1. The van der Waals surface area contributed by atoms with Gasteiger partial charge in [-0.05, 0) is 48.6 Å². The third-order valence-electron chi connectivity index (χ3n) is 4.26. The minimum Gasteiger partial charge on any atom is -0.492 e. The molecule has 1 amide bonds. The summed E-state index contributed by atoms with van der Waals surface area (Å²) in [7, 11) is 1.73. The van der Waals surface area contributed by atoms with E-state index in [-0.39, 0.29) is 11.5 Å². The Balaban J connectivity index is 1.68. The number of hydrogen-bond donors (Lipinski definition) is 1. The largest absolute Gasteiger partial charge is 0.492 e. The predicted molar refractivity (Wildman–Crippen MR) is 93.9 cm³/mol. The maximum atomic E-state index is 12.8. The molecule has 1 fully saturated rings. The van der Waals surface area contributed by atoms with Gasteiger partial charge >= 0.3 is 5.97 Å². The molecule has 0 bridgehead atoms. The molecule has 0 heterocycles. The Morgan fingerprint density at radius 2 is 1.80 bits per heavy atom. The molecule has 0 radical (unpaired) electrons. The van der Waals surface area contributed by atoms with E-state index in [2.05, 4.69) is 0 Å². The number of nitrogens with zero attached hydrogens (tertiary/aromatic N) is 1. The summed E-state index contributed by atoms with van der Waals surface area (Å²) in [4.78, 5) is 25.3. The zero-order chi connectivity index (χ0) is 17.8. The van der Waals surface area contributed by atoms with Crippen LogP contribution >= 0.6 is 0 Å². The third kappa shape index (κ3) is 4.38. The number of amides is 1. The van der Waals surface area contributed by atoms with E-state index in [1.54, 1.807) is 42.3 Å². The summed E-state index contributed by atoms with van der Waals surface area (Å²) in [5.74, 6) is 0.160. The molecule has 0 unspecified atom stereocenters. The van der Waals surface area contributed by atoms with E-state index in [1.165, 1.54) is 12.8 Å². The Kier molecular flexibility index (Phi) is 5.03. The minimum absolute atomic E-state index is 0.117. The highest BCUT2D eigenvalue weighted by atomic mass is 16.5. The van der Waals surface area contributed by atoms with Crippen molar-refractivity contribution < 1.29 is 19.4 Å². The number of carboxylic acid groups (broad SMARTS) is 1. The van der Waals surface area contributed by atoms with Gasteiger partial charge < -0.3 is 14.7 Å². The summed E-state index contributed by atoms with van der Waals surface area (Å²) in [6, 6.07) is 13.8. The molecule has 5 heteroatoms. The molecule has 0 aliphatic heterocycles. The van der Waals surface area contributed by atoms with E-state index in [1.807, 2.05) is 18.2 Å². The highest BCUT2D eigenvalue weighted by Crippen LogP contribution is 2.30. The number of carboxylic acids is 1. The first kappa shape index (κ1) is 17.0. The number of carbonyl (C=O) groups excluding carboxylic acids is 1. The Morgan fingerprint density at radius 1 is 1.12 bits per heavy atom.